The van der Waals surface area contributed by atoms with Gasteiger partial charge >= 0.3 is 5.97 Å². The van der Waals surface area contributed by atoms with Gasteiger partial charge in [-0.1, -0.05) is 41.9 Å². The molecule has 0 aliphatic carbocycles. The van der Waals surface area contributed by atoms with Crippen molar-refractivity contribution in [3.8, 4) is 0 Å². The van der Waals surface area contributed by atoms with Crippen LogP contribution in [0.1, 0.15) is 23.0 Å². The van der Waals surface area contributed by atoms with Gasteiger partial charge in [0.05, 0.1) is 23.5 Å². The summed E-state index contributed by atoms with van der Waals surface area (Å²) in [5, 5.41) is 8.05. The molecule has 1 aromatic heterocycles. The minimum Gasteiger partial charge on any atom is -0.468 e. The minimum atomic E-state index is -0.539. The summed E-state index contributed by atoms with van der Waals surface area (Å²) in [4.78, 5) is 12.0. The summed E-state index contributed by atoms with van der Waals surface area (Å²) >= 11 is 6.22. The van der Waals surface area contributed by atoms with Crippen molar-refractivity contribution < 1.29 is 9.53 Å². The Labute approximate surface area is 128 Å². The molecule has 0 saturated carbocycles. The first-order valence-corrected chi connectivity index (χ1v) is 6.96. The van der Waals surface area contributed by atoms with Crippen LogP contribution in [0, 0.1) is 6.92 Å². The first-order valence-electron chi connectivity index (χ1n) is 6.58. The van der Waals surface area contributed by atoms with E-state index in [1.54, 1.807) is 4.68 Å². The van der Waals surface area contributed by atoms with Gasteiger partial charge in [0.2, 0.25) is 0 Å². The topological polar surface area (TPSA) is 56.1 Å². The molecule has 0 amide bonds. The van der Waals surface area contributed by atoms with E-state index in [0.717, 1.165) is 17.0 Å². The number of rotatable bonds is 5. The molecule has 2 aromatic rings. The van der Waals surface area contributed by atoms with Crippen molar-refractivity contribution in [2.45, 2.75) is 19.5 Å². The summed E-state index contributed by atoms with van der Waals surface area (Å²) in [7, 11) is 3.20. The average molecular weight is 308 g/mol. The maximum absolute atomic E-state index is 12.0. The lowest BCUT2D eigenvalue weighted by Crippen LogP contribution is -2.30. The van der Waals surface area contributed by atoms with Crippen molar-refractivity contribution in [2.24, 2.45) is 7.05 Å². The molecule has 0 radical (unpaired) electrons. The number of methoxy groups -OCH3 is 1. The van der Waals surface area contributed by atoms with E-state index in [1.807, 2.05) is 44.3 Å². The molecule has 2 rings (SSSR count). The van der Waals surface area contributed by atoms with Crippen LogP contribution in [0.25, 0.3) is 0 Å². The zero-order chi connectivity index (χ0) is 15.4. The van der Waals surface area contributed by atoms with Gasteiger partial charge in [0, 0.05) is 13.6 Å². The van der Waals surface area contributed by atoms with Gasteiger partial charge in [-0.05, 0) is 12.5 Å². The Bertz CT molecular complexity index is 625. The van der Waals surface area contributed by atoms with Crippen LogP contribution in [0.3, 0.4) is 0 Å². The molecule has 0 bridgehead atoms. The van der Waals surface area contributed by atoms with Crippen LogP contribution in [-0.2, 0) is 23.1 Å². The number of halogens is 1. The molecule has 5 nitrogen and oxygen atoms in total. The summed E-state index contributed by atoms with van der Waals surface area (Å²) in [6.07, 6.45) is 0. The van der Waals surface area contributed by atoms with Gasteiger partial charge in [-0.2, -0.15) is 5.10 Å². The molecule has 0 spiro atoms. The molecule has 112 valence electrons. The standard InChI is InChI=1S/C15H18ClN3O2/c1-10-13(16)12(19(2)18-10)9-17-14(15(20)21-3)11-7-5-4-6-8-11/h4-8,14,17H,9H2,1-3H3. The van der Waals surface area contributed by atoms with Crippen molar-refractivity contribution in [3.05, 3.63) is 52.3 Å². The van der Waals surface area contributed by atoms with Gasteiger partial charge in [0.25, 0.3) is 0 Å². The Hall–Kier alpha value is -1.85. The highest BCUT2D eigenvalue weighted by molar-refractivity contribution is 6.31. The quantitative estimate of drug-likeness (QED) is 0.862. The maximum atomic E-state index is 12.0. The van der Waals surface area contributed by atoms with E-state index in [4.69, 9.17) is 16.3 Å². The Morgan fingerprint density at radius 2 is 2.10 bits per heavy atom. The molecule has 0 aliphatic heterocycles. The van der Waals surface area contributed by atoms with Crippen LogP contribution < -0.4 is 5.32 Å². The van der Waals surface area contributed by atoms with Crippen LogP contribution in [-0.4, -0.2) is 22.9 Å². The van der Waals surface area contributed by atoms with E-state index in [9.17, 15) is 4.79 Å². The van der Waals surface area contributed by atoms with Crippen LogP contribution in [0.2, 0.25) is 5.02 Å². The number of nitrogens with zero attached hydrogens (tertiary/aromatic N) is 2. The first-order chi connectivity index (χ1) is 10.0. The van der Waals surface area contributed by atoms with E-state index < -0.39 is 6.04 Å². The lowest BCUT2D eigenvalue weighted by Gasteiger charge is -2.17. The van der Waals surface area contributed by atoms with Gasteiger partial charge < -0.3 is 4.74 Å². The average Bonchev–Trinajstić information content (AvgIpc) is 2.74. The van der Waals surface area contributed by atoms with E-state index in [1.165, 1.54) is 7.11 Å². The summed E-state index contributed by atoms with van der Waals surface area (Å²) in [5.41, 5.74) is 2.45. The third-order valence-corrected chi connectivity index (χ3v) is 3.80. The normalized spacial score (nSPS) is 12.2. The predicted molar refractivity (Wildman–Crippen MR) is 81.0 cm³/mol. The van der Waals surface area contributed by atoms with Crippen LogP contribution in [0.5, 0.6) is 0 Å². The second kappa shape index (κ2) is 6.74. The van der Waals surface area contributed by atoms with Gasteiger partial charge in [0.15, 0.2) is 0 Å². The number of carbonyl (C=O) groups excluding carboxylic acids is 1. The Balaban J connectivity index is 2.19. The zero-order valence-electron chi connectivity index (χ0n) is 12.3. The van der Waals surface area contributed by atoms with E-state index in [0.29, 0.717) is 11.6 Å². The first kappa shape index (κ1) is 15.5. The molecule has 0 aliphatic rings. The highest BCUT2D eigenvalue weighted by Crippen LogP contribution is 2.21. The summed E-state index contributed by atoms with van der Waals surface area (Å²) in [6.45, 7) is 2.27. The fraction of sp³-hybridized carbons (Fsp3) is 0.333. The summed E-state index contributed by atoms with van der Waals surface area (Å²) in [6, 6.07) is 8.89. The number of nitrogens with one attached hydrogen (secondary N) is 1. The van der Waals surface area contributed by atoms with Gasteiger partial charge in [0.1, 0.15) is 6.04 Å². The van der Waals surface area contributed by atoms with Crippen LogP contribution >= 0.6 is 11.6 Å². The lowest BCUT2D eigenvalue weighted by molar-refractivity contribution is -0.143. The molecule has 1 atom stereocenters. The second-order valence-corrected chi connectivity index (χ2v) is 5.10. The van der Waals surface area contributed by atoms with Crippen LogP contribution in [0.4, 0.5) is 0 Å². The van der Waals surface area contributed by atoms with Gasteiger partial charge in [-0.3, -0.25) is 10.00 Å². The Morgan fingerprint density at radius 1 is 1.43 bits per heavy atom. The Morgan fingerprint density at radius 3 is 2.62 bits per heavy atom. The fourth-order valence-electron chi connectivity index (χ4n) is 2.17. The highest BCUT2D eigenvalue weighted by atomic mass is 35.5. The van der Waals surface area contributed by atoms with Crippen LogP contribution in [0.15, 0.2) is 30.3 Å². The zero-order valence-corrected chi connectivity index (χ0v) is 13.0. The summed E-state index contributed by atoms with van der Waals surface area (Å²) in [5.74, 6) is -0.337. The molecular weight excluding hydrogens is 290 g/mol. The molecule has 1 aromatic carbocycles. The van der Waals surface area contributed by atoms with Crippen molar-refractivity contribution in [1.82, 2.24) is 15.1 Å². The number of benzene rings is 1. The maximum Gasteiger partial charge on any atom is 0.327 e. The summed E-state index contributed by atoms with van der Waals surface area (Å²) < 4.78 is 6.58. The predicted octanol–water partition coefficient (Wildman–Crippen LogP) is 2.39. The molecule has 1 heterocycles. The largest absolute Gasteiger partial charge is 0.468 e. The molecule has 6 heteroatoms. The Kier molecular flexibility index (Phi) is 4.98. The van der Waals surface area contributed by atoms with Gasteiger partial charge in [-0.25, -0.2) is 4.79 Å². The fourth-order valence-corrected chi connectivity index (χ4v) is 2.40. The minimum absolute atomic E-state index is 0.337. The van der Waals surface area contributed by atoms with E-state index >= 15 is 0 Å². The van der Waals surface area contributed by atoms with Crippen molar-refractivity contribution in [3.63, 3.8) is 0 Å². The smallest absolute Gasteiger partial charge is 0.327 e. The monoisotopic (exact) mass is 307 g/mol. The van der Waals surface area contributed by atoms with Gasteiger partial charge in [-0.15, -0.1) is 0 Å². The van der Waals surface area contributed by atoms with Crippen molar-refractivity contribution in [1.29, 1.82) is 0 Å². The molecule has 21 heavy (non-hydrogen) atoms. The number of hydrogen-bond acceptors (Lipinski definition) is 4. The third kappa shape index (κ3) is 3.43. The van der Waals surface area contributed by atoms with Crippen molar-refractivity contribution in [2.75, 3.05) is 7.11 Å². The van der Waals surface area contributed by atoms with E-state index in [-0.39, 0.29) is 5.97 Å². The number of aromatic nitrogens is 2. The highest BCUT2D eigenvalue weighted by Gasteiger charge is 2.22. The number of carbonyl (C=O) groups is 1. The van der Waals surface area contributed by atoms with E-state index in [2.05, 4.69) is 10.4 Å². The number of esters is 1. The van der Waals surface area contributed by atoms with Crippen molar-refractivity contribution >= 4 is 17.6 Å². The lowest BCUT2D eigenvalue weighted by atomic mass is 10.1. The molecule has 0 saturated heterocycles. The second-order valence-electron chi connectivity index (χ2n) is 4.72. The number of hydrogen-bond donors (Lipinski definition) is 1. The number of aryl methyl sites for hydroxylation is 2. The number of ether oxygens (including phenoxy) is 1. The molecule has 1 N–H and O–H groups in total. The molecule has 1 unspecified atom stereocenters. The SMILES string of the molecule is COC(=O)C(NCc1c(Cl)c(C)nn1C)c1ccccc1. The molecular formula is C15H18ClN3O2. The molecule has 0 fully saturated rings. The third-order valence-electron chi connectivity index (χ3n) is 3.31.